The molecule has 118 valence electrons. The Kier molecular flexibility index (Phi) is 6.33. The van der Waals surface area contributed by atoms with Gasteiger partial charge < -0.3 is 15.6 Å². The van der Waals surface area contributed by atoms with Crippen molar-refractivity contribution in [3.8, 4) is 0 Å². The van der Waals surface area contributed by atoms with Crippen molar-refractivity contribution in [2.24, 2.45) is 0 Å². The number of rotatable bonds is 9. The van der Waals surface area contributed by atoms with Gasteiger partial charge in [-0.2, -0.15) is 11.8 Å². The summed E-state index contributed by atoms with van der Waals surface area (Å²) in [7, 11) is 0. The van der Waals surface area contributed by atoms with Crippen molar-refractivity contribution in [3.05, 3.63) is 36.0 Å². The fraction of sp³-hybridized carbons (Fsp3) is 0.375. The van der Waals surface area contributed by atoms with E-state index in [1.54, 1.807) is 11.8 Å². The highest BCUT2D eigenvalue weighted by atomic mass is 32.2. The van der Waals surface area contributed by atoms with Gasteiger partial charge in [-0.15, -0.1) is 0 Å². The summed E-state index contributed by atoms with van der Waals surface area (Å²) < 4.78 is 0. The van der Waals surface area contributed by atoms with E-state index in [1.807, 2.05) is 30.7 Å². The average molecular weight is 319 g/mol. The summed E-state index contributed by atoms with van der Waals surface area (Å²) in [6.07, 6.45) is 5.94. The summed E-state index contributed by atoms with van der Waals surface area (Å²) in [5.74, 6) is 0.711. The summed E-state index contributed by atoms with van der Waals surface area (Å²) in [5, 5.41) is 6.66. The number of aromatic amines is 1. The summed E-state index contributed by atoms with van der Waals surface area (Å²) >= 11 is 1.66. The first-order valence-corrected chi connectivity index (χ1v) is 8.67. The normalized spacial score (nSPS) is 12.0. The fourth-order valence-corrected chi connectivity index (χ4v) is 2.86. The molecule has 22 heavy (non-hydrogen) atoms. The minimum Gasteiger partial charge on any atom is -0.361 e. The molecule has 1 unspecified atom stereocenters. The van der Waals surface area contributed by atoms with Crippen LogP contribution >= 0.6 is 11.8 Å². The average Bonchev–Trinajstić information content (AvgIpc) is 2.95. The Balaban J connectivity index is 1.86. The molecular weight excluding hydrogens is 298 g/mol. The number of para-hydroxylation sites is 1. The highest BCUT2D eigenvalue weighted by molar-refractivity contribution is 7.98. The zero-order valence-electron chi connectivity index (χ0n) is 12.6. The van der Waals surface area contributed by atoms with E-state index >= 15 is 0 Å². The lowest BCUT2D eigenvalue weighted by molar-refractivity contribution is -0.125. The molecule has 6 heteroatoms. The largest absolute Gasteiger partial charge is 0.361 e. The third-order valence-corrected chi connectivity index (χ3v) is 4.21. The van der Waals surface area contributed by atoms with Gasteiger partial charge in [-0.25, -0.2) is 0 Å². The van der Waals surface area contributed by atoms with Crippen LogP contribution in [0, 0.1) is 0 Å². The quantitative estimate of drug-likeness (QED) is 0.616. The summed E-state index contributed by atoms with van der Waals surface area (Å²) in [5.41, 5.74) is 2.28. The van der Waals surface area contributed by atoms with Gasteiger partial charge in [-0.3, -0.25) is 9.59 Å². The number of amides is 2. The lowest BCUT2D eigenvalue weighted by atomic mass is 10.1. The van der Waals surface area contributed by atoms with E-state index < -0.39 is 6.04 Å². The molecule has 0 saturated carbocycles. The first-order valence-electron chi connectivity index (χ1n) is 7.27. The van der Waals surface area contributed by atoms with Crippen LogP contribution in [0.3, 0.4) is 0 Å². The molecule has 1 aromatic heterocycles. The first kappa shape index (κ1) is 16.4. The first-order chi connectivity index (χ1) is 10.8. The van der Waals surface area contributed by atoms with Gasteiger partial charge >= 0.3 is 0 Å². The van der Waals surface area contributed by atoms with Crippen molar-refractivity contribution < 1.29 is 9.59 Å². The van der Waals surface area contributed by atoms with Gasteiger partial charge in [0.15, 0.2) is 0 Å². The van der Waals surface area contributed by atoms with Crippen LogP contribution in [0.1, 0.15) is 12.0 Å². The molecule has 0 bridgehead atoms. The zero-order chi connectivity index (χ0) is 15.8. The number of carbonyl (C=O) groups is 2. The zero-order valence-corrected chi connectivity index (χ0v) is 13.4. The second-order valence-electron chi connectivity index (χ2n) is 5.02. The van der Waals surface area contributed by atoms with Crippen LogP contribution in [-0.2, 0) is 16.0 Å². The van der Waals surface area contributed by atoms with E-state index in [4.69, 9.17) is 0 Å². The molecule has 2 rings (SSSR count). The standard InChI is InChI=1S/C16H21N3O2S/c1-22-9-7-15(19-11-20)16(21)17-8-6-12-10-18-14-5-3-2-4-13(12)14/h2-5,10-11,15,18H,6-9H2,1H3,(H,17,21)(H,19,20). The maximum Gasteiger partial charge on any atom is 0.242 e. The number of thioether (sulfide) groups is 1. The molecule has 0 aliphatic heterocycles. The lowest BCUT2D eigenvalue weighted by Gasteiger charge is -2.15. The van der Waals surface area contributed by atoms with E-state index in [1.165, 1.54) is 10.9 Å². The number of benzene rings is 1. The van der Waals surface area contributed by atoms with Crippen molar-refractivity contribution in [2.75, 3.05) is 18.6 Å². The van der Waals surface area contributed by atoms with E-state index in [0.29, 0.717) is 19.4 Å². The minimum atomic E-state index is -0.451. The molecule has 0 radical (unpaired) electrons. The van der Waals surface area contributed by atoms with Crippen LogP contribution in [0.15, 0.2) is 30.5 Å². The Morgan fingerprint density at radius 1 is 1.41 bits per heavy atom. The number of aromatic nitrogens is 1. The molecule has 1 aromatic carbocycles. The second-order valence-corrected chi connectivity index (χ2v) is 6.00. The molecule has 3 N–H and O–H groups in total. The molecule has 0 saturated heterocycles. The smallest absolute Gasteiger partial charge is 0.242 e. The number of nitrogens with one attached hydrogen (secondary N) is 3. The number of carbonyl (C=O) groups excluding carboxylic acids is 2. The highest BCUT2D eigenvalue weighted by Gasteiger charge is 2.16. The van der Waals surface area contributed by atoms with Gasteiger partial charge in [0.2, 0.25) is 12.3 Å². The van der Waals surface area contributed by atoms with E-state index in [9.17, 15) is 9.59 Å². The van der Waals surface area contributed by atoms with Gasteiger partial charge in [0, 0.05) is 23.6 Å². The molecule has 2 aromatic rings. The Morgan fingerprint density at radius 3 is 3.00 bits per heavy atom. The van der Waals surface area contributed by atoms with Crippen LogP contribution < -0.4 is 10.6 Å². The van der Waals surface area contributed by atoms with Gasteiger partial charge in [0.05, 0.1) is 0 Å². The van der Waals surface area contributed by atoms with Crippen LogP contribution in [0.4, 0.5) is 0 Å². The van der Waals surface area contributed by atoms with E-state index in [-0.39, 0.29) is 5.91 Å². The second kappa shape index (κ2) is 8.48. The van der Waals surface area contributed by atoms with Gasteiger partial charge in [-0.1, -0.05) is 18.2 Å². The maximum atomic E-state index is 12.1. The summed E-state index contributed by atoms with van der Waals surface area (Å²) in [6, 6.07) is 7.64. The number of H-pyrrole nitrogens is 1. The molecular formula is C16H21N3O2S. The molecule has 0 aliphatic rings. The predicted molar refractivity (Wildman–Crippen MR) is 91.0 cm³/mol. The van der Waals surface area contributed by atoms with Crippen molar-refractivity contribution in [2.45, 2.75) is 18.9 Å². The van der Waals surface area contributed by atoms with Crippen LogP contribution in [0.25, 0.3) is 10.9 Å². The fourth-order valence-electron chi connectivity index (χ4n) is 2.39. The lowest BCUT2D eigenvalue weighted by Crippen LogP contribution is -2.44. The van der Waals surface area contributed by atoms with Gasteiger partial charge in [0.1, 0.15) is 6.04 Å². The Labute approximate surface area is 134 Å². The molecule has 0 aliphatic carbocycles. The monoisotopic (exact) mass is 319 g/mol. The van der Waals surface area contributed by atoms with Crippen molar-refractivity contribution in [1.82, 2.24) is 15.6 Å². The molecule has 1 atom stereocenters. The van der Waals surface area contributed by atoms with Crippen molar-refractivity contribution >= 4 is 35.0 Å². The van der Waals surface area contributed by atoms with Gasteiger partial charge in [0.25, 0.3) is 0 Å². The Hall–Kier alpha value is -1.95. The third kappa shape index (κ3) is 4.27. The van der Waals surface area contributed by atoms with E-state index in [2.05, 4.69) is 21.7 Å². The molecule has 0 fully saturated rings. The van der Waals surface area contributed by atoms with E-state index in [0.717, 1.165) is 17.7 Å². The number of hydrogen-bond acceptors (Lipinski definition) is 3. The highest BCUT2D eigenvalue weighted by Crippen LogP contribution is 2.17. The molecule has 0 spiro atoms. The third-order valence-electron chi connectivity index (χ3n) is 3.56. The summed E-state index contributed by atoms with van der Waals surface area (Å²) in [6.45, 7) is 0.553. The van der Waals surface area contributed by atoms with Crippen molar-refractivity contribution in [1.29, 1.82) is 0 Å². The SMILES string of the molecule is CSCCC(NC=O)C(=O)NCCc1c[nH]c2ccccc12. The Bertz CT molecular complexity index is 627. The minimum absolute atomic E-state index is 0.124. The van der Waals surface area contributed by atoms with Crippen LogP contribution in [0.2, 0.25) is 0 Å². The van der Waals surface area contributed by atoms with Crippen LogP contribution in [-0.4, -0.2) is 41.9 Å². The summed E-state index contributed by atoms with van der Waals surface area (Å²) in [4.78, 5) is 25.9. The number of fused-ring (bicyclic) bond motifs is 1. The predicted octanol–water partition coefficient (Wildman–Crippen LogP) is 1.69. The number of hydrogen-bond donors (Lipinski definition) is 3. The molecule has 1 heterocycles. The van der Waals surface area contributed by atoms with Crippen molar-refractivity contribution in [3.63, 3.8) is 0 Å². The maximum absolute atomic E-state index is 12.1. The van der Waals surface area contributed by atoms with Gasteiger partial charge in [-0.05, 0) is 36.5 Å². The van der Waals surface area contributed by atoms with Crippen LogP contribution in [0.5, 0.6) is 0 Å². The molecule has 5 nitrogen and oxygen atoms in total. The topological polar surface area (TPSA) is 74.0 Å². The molecule has 2 amide bonds. The Morgan fingerprint density at radius 2 is 2.23 bits per heavy atom.